The van der Waals surface area contributed by atoms with Gasteiger partial charge in [0.25, 0.3) is 0 Å². The topological polar surface area (TPSA) is 151 Å². The zero-order chi connectivity index (χ0) is 22.7. The first-order chi connectivity index (χ1) is 14.1. The fourth-order valence-corrected chi connectivity index (χ4v) is 2.99. The molecule has 4 atom stereocenters. The minimum absolute atomic E-state index is 0.168. The molecular weight excluding hydrogens is 408 g/mol. The normalized spacial score (nSPS) is 14.7. The highest BCUT2D eigenvalue weighted by molar-refractivity contribution is 7.98. The zero-order valence-corrected chi connectivity index (χ0v) is 18.2. The summed E-state index contributed by atoms with van der Waals surface area (Å²) < 4.78 is 0. The summed E-state index contributed by atoms with van der Waals surface area (Å²) in [7, 11) is 0. The maximum atomic E-state index is 12.9. The Morgan fingerprint density at radius 2 is 1.53 bits per heavy atom. The molecule has 1 aromatic carbocycles. The smallest absolute Gasteiger partial charge is 0.325 e. The van der Waals surface area contributed by atoms with Gasteiger partial charge in [-0.15, -0.1) is 0 Å². The van der Waals surface area contributed by atoms with Crippen LogP contribution in [0.3, 0.4) is 0 Å². The van der Waals surface area contributed by atoms with Crippen LogP contribution >= 0.6 is 11.8 Å². The standard InChI is InChI=1S/C20H30N4O5S/c1-12(21)17(25)23-15(9-10-30-3)18(26)24-16(11-14-7-5-4-6-8-14)19(27)22-13(2)20(28)29/h4-8,12-13,15-16H,9-11,21H2,1-3H3,(H,22,27)(H,23,25)(H,24,26)(H,28,29)/t12-,13-,15-,16-/m0/s1. The summed E-state index contributed by atoms with van der Waals surface area (Å²) in [4.78, 5) is 48.6. The number of amides is 3. The average molecular weight is 439 g/mol. The number of carbonyl (C=O) groups is 4. The molecule has 9 nitrogen and oxygen atoms in total. The molecule has 0 unspecified atom stereocenters. The number of carbonyl (C=O) groups excluding carboxylic acids is 3. The van der Waals surface area contributed by atoms with E-state index in [1.807, 2.05) is 12.3 Å². The number of rotatable bonds is 12. The number of aliphatic carboxylic acids is 1. The Bertz CT molecular complexity index is 729. The maximum absolute atomic E-state index is 12.9. The van der Waals surface area contributed by atoms with Gasteiger partial charge in [0, 0.05) is 6.42 Å². The molecule has 0 fully saturated rings. The molecule has 0 aliphatic carbocycles. The molecule has 0 saturated carbocycles. The lowest BCUT2D eigenvalue weighted by atomic mass is 10.0. The monoisotopic (exact) mass is 438 g/mol. The second-order valence-corrected chi connectivity index (χ2v) is 7.94. The van der Waals surface area contributed by atoms with Gasteiger partial charge in [0.1, 0.15) is 18.1 Å². The van der Waals surface area contributed by atoms with Crippen LogP contribution < -0.4 is 21.7 Å². The van der Waals surface area contributed by atoms with Crippen LogP contribution in [0, 0.1) is 0 Å². The van der Waals surface area contributed by atoms with Crippen LogP contribution in [0.15, 0.2) is 30.3 Å². The second-order valence-electron chi connectivity index (χ2n) is 6.95. The fourth-order valence-electron chi connectivity index (χ4n) is 2.51. The van der Waals surface area contributed by atoms with Crippen LogP contribution in [0.4, 0.5) is 0 Å². The Labute approximate surface area is 180 Å². The van der Waals surface area contributed by atoms with Gasteiger partial charge in [-0.1, -0.05) is 30.3 Å². The second kappa shape index (κ2) is 12.9. The molecule has 0 bridgehead atoms. The van der Waals surface area contributed by atoms with E-state index in [9.17, 15) is 19.2 Å². The Morgan fingerprint density at radius 1 is 0.967 bits per heavy atom. The average Bonchev–Trinajstić information content (AvgIpc) is 2.70. The minimum atomic E-state index is -1.19. The molecular formula is C20H30N4O5S. The van der Waals surface area contributed by atoms with Gasteiger partial charge in [-0.3, -0.25) is 19.2 Å². The summed E-state index contributed by atoms with van der Waals surface area (Å²) in [6.07, 6.45) is 2.40. The van der Waals surface area contributed by atoms with Gasteiger partial charge in [0.15, 0.2) is 0 Å². The van der Waals surface area contributed by atoms with E-state index in [1.165, 1.54) is 25.6 Å². The largest absolute Gasteiger partial charge is 0.480 e. The summed E-state index contributed by atoms with van der Waals surface area (Å²) >= 11 is 1.52. The Kier molecular flexibility index (Phi) is 10.9. The maximum Gasteiger partial charge on any atom is 0.325 e. The van der Waals surface area contributed by atoms with Crippen molar-refractivity contribution in [2.45, 2.75) is 50.9 Å². The summed E-state index contributed by atoms with van der Waals surface area (Å²) in [6, 6.07) is 5.27. The summed E-state index contributed by atoms with van der Waals surface area (Å²) in [5.74, 6) is -2.19. The van der Waals surface area contributed by atoms with Crippen molar-refractivity contribution >= 4 is 35.5 Å². The number of hydrogen-bond donors (Lipinski definition) is 5. The van der Waals surface area contributed by atoms with Crippen molar-refractivity contribution in [2.24, 2.45) is 5.73 Å². The van der Waals surface area contributed by atoms with Crippen molar-refractivity contribution in [1.82, 2.24) is 16.0 Å². The third kappa shape index (κ3) is 8.83. The molecule has 0 saturated heterocycles. The van der Waals surface area contributed by atoms with Gasteiger partial charge in [-0.2, -0.15) is 11.8 Å². The molecule has 166 valence electrons. The van der Waals surface area contributed by atoms with Crippen LogP contribution in [0.2, 0.25) is 0 Å². The minimum Gasteiger partial charge on any atom is -0.480 e. The van der Waals surface area contributed by atoms with E-state index >= 15 is 0 Å². The lowest BCUT2D eigenvalue weighted by Crippen LogP contribution is -2.57. The van der Waals surface area contributed by atoms with Crippen molar-refractivity contribution in [3.05, 3.63) is 35.9 Å². The van der Waals surface area contributed by atoms with E-state index in [2.05, 4.69) is 16.0 Å². The lowest BCUT2D eigenvalue weighted by molar-refractivity contribution is -0.141. The zero-order valence-electron chi connectivity index (χ0n) is 17.4. The molecule has 0 aliphatic rings. The van der Waals surface area contributed by atoms with E-state index in [-0.39, 0.29) is 6.42 Å². The van der Waals surface area contributed by atoms with E-state index < -0.39 is 47.9 Å². The molecule has 1 rings (SSSR count). The molecule has 0 heterocycles. The van der Waals surface area contributed by atoms with Crippen molar-refractivity contribution in [1.29, 1.82) is 0 Å². The fraction of sp³-hybridized carbons (Fsp3) is 0.500. The van der Waals surface area contributed by atoms with Crippen molar-refractivity contribution in [3.63, 3.8) is 0 Å². The number of carboxylic acid groups (broad SMARTS) is 1. The molecule has 0 radical (unpaired) electrons. The summed E-state index contributed by atoms with van der Waals surface area (Å²) in [5.41, 5.74) is 6.37. The van der Waals surface area contributed by atoms with E-state index in [0.29, 0.717) is 12.2 Å². The molecule has 30 heavy (non-hydrogen) atoms. The van der Waals surface area contributed by atoms with Gasteiger partial charge in [-0.05, 0) is 37.8 Å². The van der Waals surface area contributed by atoms with E-state index in [1.54, 1.807) is 24.3 Å². The lowest BCUT2D eigenvalue weighted by Gasteiger charge is -2.24. The SMILES string of the molecule is CSCC[C@H](NC(=O)[C@H](C)N)C(=O)N[C@@H](Cc1ccccc1)C(=O)N[C@@H](C)C(=O)O. The summed E-state index contributed by atoms with van der Waals surface area (Å²) in [6.45, 7) is 2.85. The van der Waals surface area contributed by atoms with E-state index in [4.69, 9.17) is 10.8 Å². The molecule has 0 aliphatic heterocycles. The Morgan fingerprint density at radius 3 is 2.07 bits per heavy atom. The molecule has 1 aromatic rings. The molecule has 3 amide bonds. The van der Waals surface area contributed by atoms with Crippen LogP contribution in [-0.2, 0) is 25.6 Å². The third-order valence-electron chi connectivity index (χ3n) is 4.30. The van der Waals surface area contributed by atoms with Gasteiger partial charge in [0.2, 0.25) is 17.7 Å². The first kappa shape index (κ1) is 25.4. The highest BCUT2D eigenvalue weighted by Gasteiger charge is 2.28. The molecule has 6 N–H and O–H groups in total. The predicted molar refractivity (Wildman–Crippen MR) is 116 cm³/mol. The quantitative estimate of drug-likeness (QED) is 0.305. The number of benzene rings is 1. The van der Waals surface area contributed by atoms with Gasteiger partial charge < -0.3 is 26.8 Å². The van der Waals surface area contributed by atoms with Crippen LogP contribution in [0.5, 0.6) is 0 Å². The number of thioether (sulfide) groups is 1. The molecule has 0 aromatic heterocycles. The number of nitrogens with two attached hydrogens (primary N) is 1. The molecule has 0 spiro atoms. The highest BCUT2D eigenvalue weighted by Crippen LogP contribution is 2.07. The summed E-state index contributed by atoms with van der Waals surface area (Å²) in [5, 5.41) is 16.7. The van der Waals surface area contributed by atoms with Gasteiger partial charge in [-0.25, -0.2) is 0 Å². The van der Waals surface area contributed by atoms with Crippen LogP contribution in [-0.4, -0.2) is 65.0 Å². The van der Waals surface area contributed by atoms with Gasteiger partial charge in [0.05, 0.1) is 6.04 Å². The van der Waals surface area contributed by atoms with Gasteiger partial charge >= 0.3 is 5.97 Å². The third-order valence-corrected chi connectivity index (χ3v) is 4.95. The first-order valence-corrected chi connectivity index (χ1v) is 11.0. The van der Waals surface area contributed by atoms with Crippen molar-refractivity contribution in [3.8, 4) is 0 Å². The van der Waals surface area contributed by atoms with Crippen LogP contribution in [0.25, 0.3) is 0 Å². The number of carboxylic acids is 1. The Balaban J connectivity index is 2.99. The highest BCUT2D eigenvalue weighted by atomic mass is 32.2. The van der Waals surface area contributed by atoms with Crippen LogP contribution in [0.1, 0.15) is 25.8 Å². The van der Waals surface area contributed by atoms with E-state index in [0.717, 1.165) is 5.56 Å². The predicted octanol–water partition coefficient (Wildman–Crippen LogP) is -0.112. The first-order valence-electron chi connectivity index (χ1n) is 9.58. The molecule has 10 heteroatoms. The van der Waals surface area contributed by atoms with Crippen molar-refractivity contribution < 1.29 is 24.3 Å². The number of nitrogens with one attached hydrogen (secondary N) is 3. The van der Waals surface area contributed by atoms with Crippen molar-refractivity contribution in [2.75, 3.05) is 12.0 Å². The number of hydrogen-bond acceptors (Lipinski definition) is 6. The Hall–Kier alpha value is -2.59.